The summed E-state index contributed by atoms with van der Waals surface area (Å²) in [5.41, 5.74) is 4.04. The predicted molar refractivity (Wildman–Crippen MR) is 64.2 cm³/mol. The maximum atomic E-state index is 12.9. The van der Waals surface area contributed by atoms with Gasteiger partial charge in [0.05, 0.1) is 12.0 Å². The molecule has 0 unspecified atom stereocenters. The molecule has 0 saturated heterocycles. The molecule has 6 heteroatoms. The number of alkyl halides is 3. The zero-order chi connectivity index (χ0) is 13.2. The smallest absolute Gasteiger partial charge is 0.370 e. The predicted octanol–water partition coefficient (Wildman–Crippen LogP) is 2.57. The van der Waals surface area contributed by atoms with Crippen molar-refractivity contribution >= 4 is 5.96 Å². The molecule has 0 aromatic rings. The van der Waals surface area contributed by atoms with Gasteiger partial charge in [0.2, 0.25) is 0 Å². The van der Waals surface area contributed by atoms with Crippen molar-refractivity contribution in [3.05, 3.63) is 0 Å². The van der Waals surface area contributed by atoms with Crippen LogP contribution >= 0.6 is 0 Å². The summed E-state index contributed by atoms with van der Waals surface area (Å²) in [6.45, 7) is -0.234. The first kappa shape index (κ1) is 13.5. The van der Waals surface area contributed by atoms with Gasteiger partial charge in [-0.3, -0.25) is 4.99 Å². The maximum absolute atomic E-state index is 12.9. The van der Waals surface area contributed by atoms with Gasteiger partial charge in [-0.25, -0.2) is 0 Å². The van der Waals surface area contributed by atoms with Crippen LogP contribution in [0.15, 0.2) is 4.99 Å². The van der Waals surface area contributed by atoms with Crippen molar-refractivity contribution in [2.24, 2.45) is 16.1 Å². The number of nitrogens with one attached hydrogen (secondary N) is 1. The number of aliphatic imine (C=N–C) groups is 1. The lowest BCUT2D eigenvalue weighted by Crippen LogP contribution is -2.47. The lowest BCUT2D eigenvalue weighted by molar-refractivity contribution is -0.245. The van der Waals surface area contributed by atoms with Gasteiger partial charge in [0.1, 0.15) is 0 Å². The molecule has 0 aromatic carbocycles. The molecule has 2 fully saturated rings. The van der Waals surface area contributed by atoms with E-state index in [0.29, 0.717) is 6.42 Å². The largest absolute Gasteiger partial charge is 0.396 e. The molecule has 0 amide bonds. The summed E-state index contributed by atoms with van der Waals surface area (Å²) in [5, 5.41) is 3.01. The van der Waals surface area contributed by atoms with E-state index in [-0.39, 0.29) is 31.4 Å². The van der Waals surface area contributed by atoms with Crippen molar-refractivity contribution in [1.29, 1.82) is 0 Å². The molecule has 0 heterocycles. The highest BCUT2D eigenvalue weighted by atomic mass is 19.4. The number of hydrogen-bond acceptors (Lipinski definition) is 1. The summed E-state index contributed by atoms with van der Waals surface area (Å²) in [6, 6.07) is 0.289. The fraction of sp³-hybridized carbons (Fsp3) is 0.917. The Balaban J connectivity index is 1.88. The van der Waals surface area contributed by atoms with Crippen molar-refractivity contribution in [3.63, 3.8) is 0 Å². The van der Waals surface area contributed by atoms with Crippen molar-refractivity contribution in [3.8, 4) is 0 Å². The molecule has 0 aromatic heterocycles. The second kappa shape index (κ2) is 4.97. The van der Waals surface area contributed by atoms with Crippen LogP contribution < -0.4 is 11.1 Å². The van der Waals surface area contributed by atoms with E-state index >= 15 is 0 Å². The fourth-order valence-corrected chi connectivity index (χ4v) is 2.70. The van der Waals surface area contributed by atoms with E-state index in [1.165, 1.54) is 0 Å². The second-order valence-corrected chi connectivity index (χ2v) is 5.46. The van der Waals surface area contributed by atoms with Gasteiger partial charge in [-0.1, -0.05) is 19.3 Å². The zero-order valence-electron chi connectivity index (χ0n) is 10.4. The molecule has 104 valence electrons. The van der Waals surface area contributed by atoms with Gasteiger partial charge < -0.3 is 11.1 Å². The van der Waals surface area contributed by atoms with Crippen LogP contribution in [-0.2, 0) is 0 Å². The normalized spacial score (nSPS) is 24.9. The SMILES string of the molecule is NC(=NCC1(C(F)(F)F)CCC1)NC1CCCC1. The monoisotopic (exact) mass is 263 g/mol. The van der Waals surface area contributed by atoms with Crippen LogP contribution in [0.1, 0.15) is 44.9 Å². The molecule has 2 saturated carbocycles. The van der Waals surface area contributed by atoms with E-state index in [1.54, 1.807) is 0 Å². The van der Waals surface area contributed by atoms with Crippen LogP contribution in [0.3, 0.4) is 0 Å². The summed E-state index contributed by atoms with van der Waals surface area (Å²) in [6.07, 6.45) is 1.18. The molecule has 0 spiro atoms. The van der Waals surface area contributed by atoms with Gasteiger partial charge in [-0.15, -0.1) is 0 Å². The van der Waals surface area contributed by atoms with Crippen LogP contribution in [0.5, 0.6) is 0 Å². The molecule has 0 radical (unpaired) electrons. The average Bonchev–Trinajstić information content (AvgIpc) is 2.66. The van der Waals surface area contributed by atoms with Gasteiger partial charge in [0.25, 0.3) is 0 Å². The third-order valence-corrected chi connectivity index (χ3v) is 4.17. The van der Waals surface area contributed by atoms with Gasteiger partial charge in [-0.2, -0.15) is 13.2 Å². The molecule has 0 atom stereocenters. The number of nitrogens with two attached hydrogens (primary N) is 1. The van der Waals surface area contributed by atoms with Gasteiger partial charge in [0.15, 0.2) is 5.96 Å². The van der Waals surface area contributed by atoms with Crippen LogP contribution in [-0.4, -0.2) is 24.7 Å². The topological polar surface area (TPSA) is 50.4 Å². The third-order valence-electron chi connectivity index (χ3n) is 4.17. The molecule has 2 aliphatic rings. The molecule has 0 bridgehead atoms. The highest BCUT2D eigenvalue weighted by molar-refractivity contribution is 5.78. The van der Waals surface area contributed by atoms with E-state index in [0.717, 1.165) is 25.7 Å². The highest BCUT2D eigenvalue weighted by Crippen LogP contribution is 2.53. The summed E-state index contributed by atoms with van der Waals surface area (Å²) >= 11 is 0. The highest BCUT2D eigenvalue weighted by Gasteiger charge is 2.58. The van der Waals surface area contributed by atoms with Crippen molar-refractivity contribution in [2.75, 3.05) is 6.54 Å². The number of halogens is 3. The van der Waals surface area contributed by atoms with Crippen LogP contribution in [0.2, 0.25) is 0 Å². The molecule has 2 rings (SSSR count). The van der Waals surface area contributed by atoms with Crippen LogP contribution in [0, 0.1) is 5.41 Å². The summed E-state index contributed by atoms with van der Waals surface area (Å²) in [5.74, 6) is 0.164. The Labute approximate surface area is 105 Å². The van der Waals surface area contributed by atoms with E-state index in [4.69, 9.17) is 5.73 Å². The standard InChI is InChI=1S/C12H20F3N3/c13-12(14,15)11(6-3-7-11)8-17-10(16)18-9-4-1-2-5-9/h9H,1-8H2,(H3,16,17,18). The van der Waals surface area contributed by atoms with Gasteiger partial charge in [-0.05, 0) is 25.7 Å². The number of hydrogen-bond donors (Lipinski definition) is 2. The number of nitrogens with zero attached hydrogens (tertiary/aromatic N) is 1. The van der Waals surface area contributed by atoms with Crippen molar-refractivity contribution in [1.82, 2.24) is 5.32 Å². The first-order chi connectivity index (χ1) is 8.43. The van der Waals surface area contributed by atoms with E-state index in [2.05, 4.69) is 10.3 Å². The first-order valence-electron chi connectivity index (χ1n) is 6.56. The minimum atomic E-state index is -4.16. The van der Waals surface area contributed by atoms with Crippen LogP contribution in [0.4, 0.5) is 13.2 Å². The minimum Gasteiger partial charge on any atom is -0.370 e. The average molecular weight is 263 g/mol. The van der Waals surface area contributed by atoms with Gasteiger partial charge in [0, 0.05) is 6.04 Å². The Morgan fingerprint density at radius 2 is 1.83 bits per heavy atom. The fourth-order valence-electron chi connectivity index (χ4n) is 2.70. The second-order valence-electron chi connectivity index (χ2n) is 5.46. The Hall–Kier alpha value is -0.940. The molecule has 18 heavy (non-hydrogen) atoms. The zero-order valence-corrected chi connectivity index (χ0v) is 10.4. The molecular formula is C12H20F3N3. The Morgan fingerprint density at radius 1 is 1.22 bits per heavy atom. The van der Waals surface area contributed by atoms with E-state index < -0.39 is 11.6 Å². The third kappa shape index (κ3) is 2.72. The lowest BCUT2D eigenvalue weighted by Gasteiger charge is -2.41. The summed E-state index contributed by atoms with van der Waals surface area (Å²) in [4.78, 5) is 3.91. The molecule has 3 nitrogen and oxygen atoms in total. The number of guanidine groups is 1. The summed E-state index contributed by atoms with van der Waals surface area (Å²) < 4.78 is 38.6. The Morgan fingerprint density at radius 3 is 2.28 bits per heavy atom. The first-order valence-corrected chi connectivity index (χ1v) is 6.56. The molecule has 0 aliphatic heterocycles. The Bertz CT molecular complexity index is 315. The maximum Gasteiger partial charge on any atom is 0.396 e. The minimum absolute atomic E-state index is 0.164. The molecular weight excluding hydrogens is 243 g/mol. The molecule has 3 N–H and O–H groups in total. The summed E-state index contributed by atoms with van der Waals surface area (Å²) in [7, 11) is 0. The van der Waals surface area contributed by atoms with Gasteiger partial charge >= 0.3 is 6.18 Å². The van der Waals surface area contributed by atoms with Crippen molar-refractivity contribution < 1.29 is 13.2 Å². The van der Waals surface area contributed by atoms with E-state index in [1.807, 2.05) is 0 Å². The van der Waals surface area contributed by atoms with Crippen LogP contribution in [0.25, 0.3) is 0 Å². The molecule has 2 aliphatic carbocycles. The van der Waals surface area contributed by atoms with Crippen molar-refractivity contribution in [2.45, 2.75) is 57.2 Å². The van der Waals surface area contributed by atoms with E-state index in [9.17, 15) is 13.2 Å². The lowest BCUT2D eigenvalue weighted by atomic mass is 9.68. The Kier molecular flexibility index (Phi) is 3.73. The number of rotatable bonds is 3. The quantitative estimate of drug-likeness (QED) is 0.607.